The monoisotopic (exact) mass is 296 g/mol. The number of Topliss-reactive ketones (excluding diaryl/α,β-unsaturated/α-hetero) is 1. The highest BCUT2D eigenvalue weighted by Gasteiger charge is 2.13. The first-order valence-electron chi connectivity index (χ1n) is 6.58. The number of fused-ring (bicyclic) bond motifs is 1. The summed E-state index contributed by atoms with van der Waals surface area (Å²) in [6.07, 6.45) is 3.44. The van der Waals surface area contributed by atoms with Crippen LogP contribution in [-0.2, 0) is 0 Å². The third-order valence-electron chi connectivity index (χ3n) is 3.38. The average molecular weight is 297 g/mol. The Labute approximate surface area is 127 Å². The average Bonchev–Trinajstić information content (AvgIpc) is 2.46. The number of aromatic nitrogens is 2. The molecule has 0 saturated heterocycles. The smallest absolute Gasteiger partial charge is 0.160 e. The third kappa shape index (κ3) is 2.52. The maximum atomic E-state index is 11.9. The fraction of sp³-hybridized carbons (Fsp3) is 0.118. The second-order valence-corrected chi connectivity index (χ2v) is 5.36. The van der Waals surface area contributed by atoms with Crippen molar-refractivity contribution in [2.24, 2.45) is 0 Å². The predicted octanol–water partition coefficient (Wildman–Crippen LogP) is 4.46. The zero-order valence-electron chi connectivity index (χ0n) is 11.7. The molecular weight excluding hydrogens is 284 g/mol. The number of pyridine rings is 2. The summed E-state index contributed by atoms with van der Waals surface area (Å²) in [5.74, 6) is 0.0185. The van der Waals surface area contributed by atoms with Crippen LogP contribution in [0.2, 0.25) is 5.15 Å². The summed E-state index contributed by atoms with van der Waals surface area (Å²) >= 11 is 6.30. The Morgan fingerprint density at radius 2 is 2.05 bits per heavy atom. The second-order valence-electron chi connectivity index (χ2n) is 5.00. The molecule has 0 aliphatic carbocycles. The van der Waals surface area contributed by atoms with Crippen LogP contribution in [0.25, 0.3) is 22.0 Å². The van der Waals surface area contributed by atoms with Gasteiger partial charge in [-0.25, -0.2) is 4.98 Å². The molecule has 2 aromatic heterocycles. The molecule has 0 bridgehead atoms. The molecular formula is C17H13ClN2O. The van der Waals surface area contributed by atoms with Gasteiger partial charge in [-0.2, -0.15) is 0 Å². The molecule has 21 heavy (non-hydrogen) atoms. The van der Waals surface area contributed by atoms with Gasteiger partial charge in [0.05, 0.1) is 5.52 Å². The molecule has 0 saturated carbocycles. The van der Waals surface area contributed by atoms with Gasteiger partial charge in [-0.1, -0.05) is 17.7 Å². The van der Waals surface area contributed by atoms with Crippen molar-refractivity contribution in [3.8, 4) is 11.1 Å². The lowest BCUT2D eigenvalue weighted by molar-refractivity contribution is 0.101. The van der Waals surface area contributed by atoms with Crippen molar-refractivity contribution in [3.05, 3.63) is 59.0 Å². The van der Waals surface area contributed by atoms with Crippen LogP contribution < -0.4 is 0 Å². The maximum absolute atomic E-state index is 11.9. The number of carbonyl (C=O) groups is 1. The minimum absolute atomic E-state index is 0.0185. The van der Waals surface area contributed by atoms with Crippen molar-refractivity contribution >= 4 is 28.3 Å². The summed E-state index contributed by atoms with van der Waals surface area (Å²) in [6, 6.07) is 9.49. The van der Waals surface area contributed by atoms with E-state index in [0.717, 1.165) is 27.6 Å². The molecule has 0 aliphatic rings. The highest BCUT2D eigenvalue weighted by Crippen LogP contribution is 2.31. The van der Waals surface area contributed by atoms with Gasteiger partial charge < -0.3 is 0 Å². The van der Waals surface area contributed by atoms with Gasteiger partial charge in [-0.15, -0.1) is 0 Å². The van der Waals surface area contributed by atoms with Gasteiger partial charge in [0, 0.05) is 34.5 Å². The normalized spacial score (nSPS) is 10.8. The van der Waals surface area contributed by atoms with Crippen LogP contribution in [0.3, 0.4) is 0 Å². The molecule has 0 N–H and O–H groups in total. The number of benzene rings is 1. The van der Waals surface area contributed by atoms with Crippen molar-refractivity contribution in [2.75, 3.05) is 0 Å². The van der Waals surface area contributed by atoms with E-state index in [4.69, 9.17) is 11.6 Å². The molecule has 0 radical (unpaired) electrons. The molecule has 4 heteroatoms. The van der Waals surface area contributed by atoms with Crippen molar-refractivity contribution < 1.29 is 4.79 Å². The lowest BCUT2D eigenvalue weighted by Gasteiger charge is -2.09. The van der Waals surface area contributed by atoms with Gasteiger partial charge in [-0.05, 0) is 43.7 Å². The number of rotatable bonds is 2. The summed E-state index contributed by atoms with van der Waals surface area (Å²) in [4.78, 5) is 20.4. The molecule has 0 amide bonds. The molecule has 0 spiro atoms. The van der Waals surface area contributed by atoms with E-state index in [1.807, 2.05) is 37.3 Å². The lowest BCUT2D eigenvalue weighted by atomic mass is 9.99. The SMILES string of the molecule is CC(=O)c1cc(C)cc2nc(Cl)c(-c3cccnc3)cc12. The molecule has 1 aromatic carbocycles. The van der Waals surface area contributed by atoms with Gasteiger partial charge in [0.15, 0.2) is 5.78 Å². The Morgan fingerprint density at radius 3 is 2.71 bits per heavy atom. The van der Waals surface area contributed by atoms with Gasteiger partial charge in [-0.3, -0.25) is 9.78 Å². The molecule has 3 rings (SSSR count). The van der Waals surface area contributed by atoms with Crippen molar-refractivity contribution in [2.45, 2.75) is 13.8 Å². The minimum Gasteiger partial charge on any atom is -0.294 e. The number of halogens is 1. The quantitative estimate of drug-likeness (QED) is 0.518. The van der Waals surface area contributed by atoms with Gasteiger partial charge in [0.2, 0.25) is 0 Å². The van der Waals surface area contributed by atoms with E-state index in [9.17, 15) is 4.79 Å². The first kappa shape index (κ1) is 13.7. The molecule has 0 aliphatic heterocycles. The molecule has 0 atom stereocenters. The largest absolute Gasteiger partial charge is 0.294 e. The Bertz CT molecular complexity index is 844. The number of aryl methyl sites for hydroxylation is 1. The summed E-state index contributed by atoms with van der Waals surface area (Å²) < 4.78 is 0. The van der Waals surface area contributed by atoms with Gasteiger partial charge >= 0.3 is 0 Å². The number of carbonyl (C=O) groups excluding carboxylic acids is 1. The molecule has 0 unspecified atom stereocenters. The van der Waals surface area contributed by atoms with E-state index >= 15 is 0 Å². The standard InChI is InChI=1S/C17H13ClN2O/c1-10-6-13(11(2)21)15-8-14(12-4-3-5-19-9-12)17(18)20-16(15)7-10/h3-9H,1-2H3. The van der Waals surface area contributed by atoms with E-state index in [-0.39, 0.29) is 5.78 Å². The van der Waals surface area contributed by atoms with Crippen molar-refractivity contribution in [1.82, 2.24) is 9.97 Å². The Kier molecular flexibility index (Phi) is 3.43. The van der Waals surface area contributed by atoms with Crippen LogP contribution in [0, 0.1) is 6.92 Å². The predicted molar refractivity (Wildman–Crippen MR) is 84.7 cm³/mol. The lowest BCUT2D eigenvalue weighted by Crippen LogP contribution is -1.97. The van der Waals surface area contributed by atoms with E-state index in [1.165, 1.54) is 0 Å². The zero-order chi connectivity index (χ0) is 15.0. The molecule has 3 aromatic rings. The minimum atomic E-state index is 0.0185. The number of hydrogen-bond acceptors (Lipinski definition) is 3. The van der Waals surface area contributed by atoms with Crippen LogP contribution >= 0.6 is 11.6 Å². The van der Waals surface area contributed by atoms with Crippen LogP contribution in [0.5, 0.6) is 0 Å². The topological polar surface area (TPSA) is 42.9 Å². The van der Waals surface area contributed by atoms with Crippen LogP contribution in [0.4, 0.5) is 0 Å². The highest BCUT2D eigenvalue weighted by molar-refractivity contribution is 6.32. The van der Waals surface area contributed by atoms with E-state index < -0.39 is 0 Å². The Balaban J connectivity index is 2.35. The van der Waals surface area contributed by atoms with Gasteiger partial charge in [0.1, 0.15) is 5.15 Å². The summed E-state index contributed by atoms with van der Waals surface area (Å²) in [7, 11) is 0. The maximum Gasteiger partial charge on any atom is 0.160 e. The second kappa shape index (κ2) is 5.26. The van der Waals surface area contributed by atoms with E-state index in [1.54, 1.807) is 19.3 Å². The molecule has 2 heterocycles. The van der Waals surface area contributed by atoms with E-state index in [2.05, 4.69) is 9.97 Å². The van der Waals surface area contributed by atoms with Crippen LogP contribution in [0.1, 0.15) is 22.8 Å². The molecule has 0 fully saturated rings. The van der Waals surface area contributed by atoms with E-state index in [0.29, 0.717) is 10.7 Å². The summed E-state index contributed by atoms with van der Waals surface area (Å²) in [5.41, 5.74) is 4.05. The fourth-order valence-electron chi connectivity index (χ4n) is 2.41. The van der Waals surface area contributed by atoms with Crippen molar-refractivity contribution in [1.29, 1.82) is 0 Å². The third-order valence-corrected chi connectivity index (χ3v) is 3.67. The number of hydrogen-bond donors (Lipinski definition) is 0. The Morgan fingerprint density at radius 1 is 1.24 bits per heavy atom. The number of ketones is 1. The summed E-state index contributed by atoms with van der Waals surface area (Å²) in [5, 5.41) is 1.23. The van der Waals surface area contributed by atoms with Crippen LogP contribution in [-0.4, -0.2) is 15.8 Å². The highest BCUT2D eigenvalue weighted by atomic mass is 35.5. The van der Waals surface area contributed by atoms with Crippen LogP contribution in [0.15, 0.2) is 42.7 Å². The molecule has 3 nitrogen and oxygen atoms in total. The van der Waals surface area contributed by atoms with Gasteiger partial charge in [0.25, 0.3) is 0 Å². The van der Waals surface area contributed by atoms with Crippen molar-refractivity contribution in [3.63, 3.8) is 0 Å². The number of nitrogens with zero attached hydrogens (tertiary/aromatic N) is 2. The first-order chi connectivity index (χ1) is 10.1. The summed E-state index contributed by atoms with van der Waals surface area (Å²) in [6.45, 7) is 3.50. The fourth-order valence-corrected chi connectivity index (χ4v) is 2.66. The zero-order valence-corrected chi connectivity index (χ0v) is 12.5. The Hall–Kier alpha value is -2.26. The first-order valence-corrected chi connectivity index (χ1v) is 6.96. The molecule has 104 valence electrons.